The van der Waals surface area contributed by atoms with Crippen LogP contribution in [0.5, 0.6) is 0 Å². The van der Waals surface area contributed by atoms with Crippen LogP contribution in [-0.2, 0) is 15.4 Å². The van der Waals surface area contributed by atoms with Crippen molar-refractivity contribution in [2.24, 2.45) is 0 Å². The van der Waals surface area contributed by atoms with Crippen LogP contribution in [0, 0.1) is 18.3 Å². The molecule has 0 aliphatic heterocycles. The molecule has 32 heavy (non-hydrogen) atoms. The van der Waals surface area contributed by atoms with E-state index in [9.17, 15) is 13.7 Å². The van der Waals surface area contributed by atoms with Gasteiger partial charge < -0.3 is 0 Å². The number of nitrogens with zero attached hydrogens (tertiary/aromatic N) is 4. The van der Waals surface area contributed by atoms with Gasteiger partial charge in [-0.3, -0.25) is 9.71 Å². The highest BCUT2D eigenvalue weighted by molar-refractivity contribution is 7.92. The van der Waals surface area contributed by atoms with Crippen molar-refractivity contribution in [3.63, 3.8) is 0 Å². The first kappa shape index (κ1) is 21.5. The van der Waals surface area contributed by atoms with E-state index >= 15 is 0 Å². The second kappa shape index (κ2) is 7.77. The van der Waals surface area contributed by atoms with Gasteiger partial charge in [0.05, 0.1) is 21.7 Å². The van der Waals surface area contributed by atoms with Crippen LogP contribution in [0.1, 0.15) is 37.6 Å². The number of aromatic nitrogens is 3. The van der Waals surface area contributed by atoms with Crippen LogP contribution in [0.15, 0.2) is 65.7 Å². The Morgan fingerprint density at radius 2 is 1.75 bits per heavy atom. The van der Waals surface area contributed by atoms with Crippen LogP contribution < -0.4 is 4.72 Å². The van der Waals surface area contributed by atoms with Crippen molar-refractivity contribution in [1.82, 2.24) is 14.6 Å². The Balaban J connectivity index is 1.75. The van der Waals surface area contributed by atoms with Crippen LogP contribution in [-0.4, -0.2) is 23.0 Å². The molecule has 0 aliphatic carbocycles. The smallest absolute Gasteiger partial charge is 0.263 e. The normalized spacial score (nSPS) is 12.0. The van der Waals surface area contributed by atoms with E-state index in [4.69, 9.17) is 0 Å². The van der Waals surface area contributed by atoms with E-state index in [2.05, 4.69) is 41.6 Å². The SMILES string of the molecule is Cc1ccc(-c2cc3c(C#N)ccc(NS(=O)(=O)c4ccc(C(C)(C)C)cc4)n3n2)cn1. The standard InChI is InChI=1S/C24H23N5O2S/c1-16-5-6-18(15-26-16)21-13-22-17(14-25)7-12-23(29(22)27-21)28-32(30,31)20-10-8-19(9-11-20)24(2,3)4/h5-13,15,28H,1-4H3. The number of anilines is 1. The number of pyridine rings is 2. The molecule has 0 fully saturated rings. The van der Waals surface area contributed by atoms with Gasteiger partial charge in [-0.15, -0.1) is 0 Å². The first-order chi connectivity index (χ1) is 15.1. The Morgan fingerprint density at radius 1 is 1.03 bits per heavy atom. The van der Waals surface area contributed by atoms with E-state index in [1.165, 1.54) is 10.6 Å². The zero-order valence-electron chi connectivity index (χ0n) is 18.3. The number of benzene rings is 1. The third kappa shape index (κ3) is 4.07. The minimum absolute atomic E-state index is 0.0781. The maximum Gasteiger partial charge on any atom is 0.263 e. The lowest BCUT2D eigenvalue weighted by molar-refractivity contribution is 0.587. The van der Waals surface area contributed by atoms with E-state index in [1.807, 2.05) is 31.2 Å². The van der Waals surface area contributed by atoms with Crippen molar-refractivity contribution in [2.75, 3.05) is 4.72 Å². The Bertz CT molecular complexity index is 1440. The van der Waals surface area contributed by atoms with Crippen LogP contribution in [0.25, 0.3) is 16.8 Å². The van der Waals surface area contributed by atoms with Gasteiger partial charge in [-0.2, -0.15) is 10.4 Å². The van der Waals surface area contributed by atoms with Crippen molar-refractivity contribution in [3.05, 3.63) is 77.6 Å². The van der Waals surface area contributed by atoms with Gasteiger partial charge >= 0.3 is 0 Å². The second-order valence-corrected chi connectivity index (χ2v) is 10.3. The molecule has 1 aromatic carbocycles. The lowest BCUT2D eigenvalue weighted by Crippen LogP contribution is -2.17. The summed E-state index contributed by atoms with van der Waals surface area (Å²) in [4.78, 5) is 4.44. The largest absolute Gasteiger partial charge is 0.263 e. The fourth-order valence-corrected chi connectivity index (χ4v) is 4.38. The van der Waals surface area contributed by atoms with Gasteiger partial charge in [0, 0.05) is 17.5 Å². The number of nitrogens with one attached hydrogen (secondary N) is 1. The number of sulfonamides is 1. The molecule has 0 atom stereocenters. The number of rotatable bonds is 4. The summed E-state index contributed by atoms with van der Waals surface area (Å²) >= 11 is 0. The average Bonchev–Trinajstić information content (AvgIpc) is 3.20. The molecule has 0 spiro atoms. The highest BCUT2D eigenvalue weighted by Gasteiger charge is 2.20. The molecule has 162 valence electrons. The van der Waals surface area contributed by atoms with E-state index < -0.39 is 10.0 Å². The van der Waals surface area contributed by atoms with Gasteiger partial charge in [-0.1, -0.05) is 32.9 Å². The summed E-state index contributed by atoms with van der Waals surface area (Å²) < 4.78 is 30.1. The van der Waals surface area contributed by atoms with Crippen LogP contribution in [0.3, 0.4) is 0 Å². The highest BCUT2D eigenvalue weighted by atomic mass is 32.2. The first-order valence-electron chi connectivity index (χ1n) is 10.1. The fourth-order valence-electron chi connectivity index (χ4n) is 3.34. The van der Waals surface area contributed by atoms with Gasteiger partial charge in [-0.05, 0) is 60.4 Å². The van der Waals surface area contributed by atoms with Crippen LogP contribution in [0.4, 0.5) is 5.82 Å². The minimum atomic E-state index is -3.85. The van der Waals surface area contributed by atoms with Gasteiger partial charge in [0.25, 0.3) is 10.0 Å². The van der Waals surface area contributed by atoms with Gasteiger partial charge in [0.1, 0.15) is 11.9 Å². The predicted molar refractivity (Wildman–Crippen MR) is 124 cm³/mol. The summed E-state index contributed by atoms with van der Waals surface area (Å²) in [6.45, 7) is 8.10. The van der Waals surface area contributed by atoms with Crippen LogP contribution >= 0.6 is 0 Å². The highest BCUT2D eigenvalue weighted by Crippen LogP contribution is 2.27. The zero-order valence-corrected chi connectivity index (χ0v) is 19.1. The summed E-state index contributed by atoms with van der Waals surface area (Å²) in [5.74, 6) is 0.241. The van der Waals surface area contributed by atoms with Crippen molar-refractivity contribution >= 4 is 21.4 Å². The monoisotopic (exact) mass is 445 g/mol. The fraction of sp³-hybridized carbons (Fsp3) is 0.208. The third-order valence-corrected chi connectivity index (χ3v) is 6.59. The van der Waals surface area contributed by atoms with E-state index in [0.717, 1.165) is 16.8 Å². The Morgan fingerprint density at radius 3 is 2.34 bits per heavy atom. The lowest BCUT2D eigenvalue weighted by atomic mass is 9.87. The Labute approximate surface area is 187 Å². The molecule has 1 N–H and O–H groups in total. The van der Waals surface area contributed by atoms with E-state index in [1.54, 1.807) is 30.5 Å². The second-order valence-electron chi connectivity index (χ2n) is 8.64. The average molecular weight is 446 g/mol. The predicted octanol–water partition coefficient (Wildman–Crippen LogP) is 4.67. The lowest BCUT2D eigenvalue weighted by Gasteiger charge is -2.19. The van der Waals surface area contributed by atoms with Crippen LogP contribution in [0.2, 0.25) is 0 Å². The van der Waals surface area contributed by atoms with Gasteiger partial charge in [-0.25, -0.2) is 12.9 Å². The minimum Gasteiger partial charge on any atom is -0.263 e. The molecule has 0 radical (unpaired) electrons. The Kier molecular flexibility index (Phi) is 5.23. The van der Waals surface area contributed by atoms with Crippen molar-refractivity contribution in [2.45, 2.75) is 38.0 Å². The molecule has 0 saturated carbocycles. The van der Waals surface area contributed by atoms with Crippen molar-refractivity contribution < 1.29 is 8.42 Å². The molecule has 0 bridgehead atoms. The molecule has 0 amide bonds. The number of aryl methyl sites for hydroxylation is 1. The molecule has 4 aromatic rings. The molecule has 0 aliphatic rings. The molecule has 0 saturated heterocycles. The van der Waals surface area contributed by atoms with Crippen molar-refractivity contribution in [3.8, 4) is 17.3 Å². The molecular formula is C24H23N5O2S. The maximum absolute atomic E-state index is 13.0. The summed E-state index contributed by atoms with van der Waals surface area (Å²) in [5.41, 5.74) is 4.10. The number of hydrogen-bond acceptors (Lipinski definition) is 5. The summed E-state index contributed by atoms with van der Waals surface area (Å²) in [6, 6.07) is 17.6. The molecular weight excluding hydrogens is 422 g/mol. The van der Waals surface area contributed by atoms with Gasteiger partial charge in [0.2, 0.25) is 0 Å². The number of nitriles is 1. The number of fused-ring (bicyclic) bond motifs is 1. The van der Waals surface area contributed by atoms with E-state index in [-0.39, 0.29) is 16.1 Å². The van der Waals surface area contributed by atoms with Crippen molar-refractivity contribution in [1.29, 1.82) is 5.26 Å². The van der Waals surface area contributed by atoms with Gasteiger partial charge in [0.15, 0.2) is 0 Å². The zero-order chi connectivity index (χ0) is 23.1. The quantitative estimate of drug-likeness (QED) is 0.492. The summed E-state index contributed by atoms with van der Waals surface area (Å²) in [5, 5.41) is 14.0. The molecule has 0 unspecified atom stereocenters. The molecule has 4 rings (SSSR count). The topological polar surface area (TPSA) is 100 Å². The Hall–Kier alpha value is -3.70. The maximum atomic E-state index is 13.0. The van der Waals surface area contributed by atoms with E-state index in [0.29, 0.717) is 16.8 Å². The molecule has 7 nitrogen and oxygen atoms in total. The summed E-state index contributed by atoms with van der Waals surface area (Å²) in [6.07, 6.45) is 1.70. The molecule has 8 heteroatoms. The third-order valence-electron chi connectivity index (χ3n) is 5.22. The first-order valence-corrected chi connectivity index (χ1v) is 11.6. The summed E-state index contributed by atoms with van der Waals surface area (Å²) in [7, 11) is -3.85. The molecule has 3 heterocycles. The number of hydrogen-bond donors (Lipinski definition) is 1. The molecule has 3 aromatic heterocycles.